The molecule has 6 nitrogen and oxygen atoms in total. The number of hydrogen-bond donors (Lipinski definition) is 1. The van der Waals surface area contributed by atoms with Gasteiger partial charge < -0.3 is 10.6 Å². The highest BCUT2D eigenvalue weighted by atomic mass is 16.2. The largest absolute Gasteiger partial charge is 0.339 e. The zero-order chi connectivity index (χ0) is 20.8. The van der Waals surface area contributed by atoms with Crippen molar-refractivity contribution in [3.05, 3.63) is 23.0 Å². The van der Waals surface area contributed by atoms with Crippen LogP contribution in [0.5, 0.6) is 0 Å². The number of piperidine rings is 1. The lowest BCUT2D eigenvalue weighted by Crippen LogP contribution is -2.42. The van der Waals surface area contributed by atoms with Crippen LogP contribution in [0.2, 0.25) is 0 Å². The van der Waals surface area contributed by atoms with Gasteiger partial charge in [-0.1, -0.05) is 13.8 Å². The van der Waals surface area contributed by atoms with Crippen LogP contribution < -0.4 is 5.73 Å². The van der Waals surface area contributed by atoms with Crippen LogP contribution in [-0.4, -0.2) is 44.7 Å². The van der Waals surface area contributed by atoms with Crippen LogP contribution in [0.25, 0.3) is 11.0 Å². The summed E-state index contributed by atoms with van der Waals surface area (Å²) in [5.74, 6) is 0.829. The summed E-state index contributed by atoms with van der Waals surface area (Å²) in [4.78, 5) is 20.4. The van der Waals surface area contributed by atoms with E-state index in [4.69, 9.17) is 15.8 Å². The maximum atomic E-state index is 13.5. The van der Waals surface area contributed by atoms with E-state index < -0.39 is 0 Å². The lowest BCUT2D eigenvalue weighted by molar-refractivity contribution is 0.0682. The van der Waals surface area contributed by atoms with Gasteiger partial charge in [0.1, 0.15) is 0 Å². The van der Waals surface area contributed by atoms with Crippen molar-refractivity contribution >= 4 is 16.9 Å². The van der Waals surface area contributed by atoms with Crippen molar-refractivity contribution in [3.63, 3.8) is 0 Å². The normalized spacial score (nSPS) is 17.5. The molecule has 3 rings (SSSR count). The van der Waals surface area contributed by atoms with Crippen molar-refractivity contribution in [2.24, 2.45) is 11.7 Å². The summed E-state index contributed by atoms with van der Waals surface area (Å²) in [7, 11) is 0. The van der Waals surface area contributed by atoms with E-state index in [9.17, 15) is 4.79 Å². The highest BCUT2D eigenvalue weighted by Gasteiger charge is 2.30. The second-order valence-electron chi connectivity index (χ2n) is 9.60. The number of nitrogens with zero attached hydrogens (tertiary/aromatic N) is 4. The molecule has 0 aliphatic carbocycles. The predicted octanol–water partition coefficient (Wildman–Crippen LogP) is 3.82. The smallest absolute Gasteiger partial charge is 0.254 e. The highest BCUT2D eigenvalue weighted by molar-refractivity contribution is 6.06. The molecule has 2 aromatic heterocycles. The summed E-state index contributed by atoms with van der Waals surface area (Å²) >= 11 is 0. The molecule has 3 heterocycles. The fourth-order valence-electron chi connectivity index (χ4n) is 4.04. The number of aromatic nitrogens is 3. The maximum Gasteiger partial charge on any atom is 0.254 e. The van der Waals surface area contributed by atoms with Gasteiger partial charge in [-0.25, -0.2) is 9.67 Å². The van der Waals surface area contributed by atoms with Gasteiger partial charge in [0.05, 0.1) is 22.2 Å². The van der Waals surface area contributed by atoms with Crippen LogP contribution in [0.4, 0.5) is 0 Å². The Kier molecular flexibility index (Phi) is 5.54. The number of rotatable bonds is 3. The number of carbonyl (C=O) groups excluding carboxylic acids is 1. The molecule has 0 radical (unpaired) electrons. The molecule has 1 fully saturated rings. The molecule has 1 aliphatic rings. The minimum atomic E-state index is -0.203. The lowest BCUT2D eigenvalue weighted by Gasteiger charge is -2.34. The first-order chi connectivity index (χ1) is 13.0. The molecule has 154 valence electrons. The number of likely N-dealkylation sites (tertiary alicyclic amines) is 1. The molecular formula is C22H35N5O. The van der Waals surface area contributed by atoms with Gasteiger partial charge in [-0.15, -0.1) is 0 Å². The number of fused-ring (bicyclic) bond motifs is 1. The minimum Gasteiger partial charge on any atom is -0.339 e. The summed E-state index contributed by atoms with van der Waals surface area (Å²) in [6, 6.07) is 2.17. The van der Waals surface area contributed by atoms with Gasteiger partial charge in [-0.2, -0.15) is 5.10 Å². The zero-order valence-corrected chi connectivity index (χ0v) is 18.4. The Morgan fingerprint density at radius 3 is 2.32 bits per heavy atom. The van der Waals surface area contributed by atoms with E-state index in [0.29, 0.717) is 5.92 Å². The quantitative estimate of drug-likeness (QED) is 0.871. The first kappa shape index (κ1) is 20.8. The van der Waals surface area contributed by atoms with Crippen molar-refractivity contribution < 1.29 is 4.79 Å². The number of nitrogens with two attached hydrogens (primary N) is 1. The first-order valence-electron chi connectivity index (χ1n) is 10.5. The van der Waals surface area contributed by atoms with Crippen LogP contribution in [0.1, 0.15) is 82.0 Å². The molecule has 1 saturated heterocycles. The maximum absolute atomic E-state index is 13.5. The van der Waals surface area contributed by atoms with Gasteiger partial charge in [0.25, 0.3) is 5.91 Å². The van der Waals surface area contributed by atoms with Crippen molar-refractivity contribution in [1.82, 2.24) is 19.7 Å². The van der Waals surface area contributed by atoms with E-state index >= 15 is 0 Å². The van der Waals surface area contributed by atoms with Crippen LogP contribution in [0, 0.1) is 12.8 Å². The molecule has 1 unspecified atom stereocenters. The molecule has 0 bridgehead atoms. The highest BCUT2D eigenvalue weighted by Crippen LogP contribution is 2.30. The summed E-state index contributed by atoms with van der Waals surface area (Å²) in [5, 5.41) is 5.64. The summed E-state index contributed by atoms with van der Waals surface area (Å²) < 4.78 is 1.96. The Bertz CT molecular complexity index is 867. The molecule has 0 saturated carbocycles. The van der Waals surface area contributed by atoms with Crippen LogP contribution >= 0.6 is 0 Å². The predicted molar refractivity (Wildman–Crippen MR) is 114 cm³/mol. The standard InChI is InChI=1S/C22H35N5O/c1-13(2)18-12-17(21(28)26-10-8-16(9-11-26)14(3)23)19-15(4)25-27(20(19)24-18)22(5,6)7/h12-14,16H,8-11,23H2,1-7H3. The number of aryl methyl sites for hydroxylation is 1. The second-order valence-corrected chi connectivity index (χ2v) is 9.60. The van der Waals surface area contributed by atoms with Crippen LogP contribution in [0.3, 0.4) is 0 Å². The second kappa shape index (κ2) is 7.47. The van der Waals surface area contributed by atoms with E-state index in [1.807, 2.05) is 22.6 Å². The third-order valence-electron chi connectivity index (χ3n) is 5.86. The molecular weight excluding hydrogens is 350 g/mol. The van der Waals surface area contributed by atoms with Gasteiger partial charge in [0.15, 0.2) is 5.65 Å². The zero-order valence-electron chi connectivity index (χ0n) is 18.4. The van der Waals surface area contributed by atoms with Gasteiger partial charge in [0, 0.05) is 24.8 Å². The summed E-state index contributed by atoms with van der Waals surface area (Å²) in [6.45, 7) is 16.1. The van der Waals surface area contributed by atoms with E-state index in [2.05, 4.69) is 41.5 Å². The van der Waals surface area contributed by atoms with Crippen LogP contribution in [-0.2, 0) is 5.54 Å². The first-order valence-corrected chi connectivity index (χ1v) is 10.5. The Balaban J connectivity index is 2.07. The number of amides is 1. The lowest BCUT2D eigenvalue weighted by atomic mass is 9.90. The number of pyridine rings is 1. The molecule has 1 aliphatic heterocycles. The fourth-order valence-corrected chi connectivity index (χ4v) is 4.04. The molecule has 0 aromatic carbocycles. The monoisotopic (exact) mass is 385 g/mol. The number of hydrogen-bond acceptors (Lipinski definition) is 4. The SMILES string of the molecule is Cc1nn(C(C)(C)C)c2nc(C(C)C)cc(C(=O)N3CCC(C(C)N)CC3)c12. The van der Waals surface area contributed by atoms with E-state index in [-0.39, 0.29) is 23.4 Å². The van der Waals surface area contributed by atoms with Crippen LogP contribution in [0.15, 0.2) is 6.07 Å². The molecule has 6 heteroatoms. The van der Waals surface area contributed by atoms with Crippen molar-refractivity contribution in [2.75, 3.05) is 13.1 Å². The Labute approximate surface area is 168 Å². The topological polar surface area (TPSA) is 77.0 Å². The molecule has 0 spiro atoms. The average Bonchev–Trinajstić information content (AvgIpc) is 2.97. The molecule has 1 atom stereocenters. The Morgan fingerprint density at radius 1 is 1.21 bits per heavy atom. The van der Waals surface area contributed by atoms with Gasteiger partial charge in [-0.3, -0.25) is 4.79 Å². The Hall–Kier alpha value is -1.95. The average molecular weight is 386 g/mol. The molecule has 2 N–H and O–H groups in total. The molecule has 28 heavy (non-hydrogen) atoms. The third-order valence-corrected chi connectivity index (χ3v) is 5.86. The van der Waals surface area contributed by atoms with E-state index in [1.165, 1.54) is 0 Å². The van der Waals surface area contributed by atoms with Crippen molar-refractivity contribution in [1.29, 1.82) is 0 Å². The molecule has 2 aromatic rings. The van der Waals surface area contributed by atoms with Crippen molar-refractivity contribution in [2.45, 2.75) is 78.8 Å². The van der Waals surface area contributed by atoms with Gasteiger partial charge in [0.2, 0.25) is 0 Å². The summed E-state index contributed by atoms with van der Waals surface area (Å²) in [5.41, 5.74) is 9.21. The molecule has 1 amide bonds. The fraction of sp³-hybridized carbons (Fsp3) is 0.682. The van der Waals surface area contributed by atoms with E-state index in [1.54, 1.807) is 0 Å². The number of carbonyl (C=O) groups is 1. The third kappa shape index (κ3) is 3.79. The van der Waals surface area contributed by atoms with Crippen molar-refractivity contribution in [3.8, 4) is 0 Å². The van der Waals surface area contributed by atoms with Gasteiger partial charge >= 0.3 is 0 Å². The van der Waals surface area contributed by atoms with Gasteiger partial charge in [-0.05, 0) is 65.4 Å². The van der Waals surface area contributed by atoms with E-state index in [0.717, 1.165) is 53.9 Å². The minimum absolute atomic E-state index is 0.0917. The summed E-state index contributed by atoms with van der Waals surface area (Å²) in [6.07, 6.45) is 1.93. The Morgan fingerprint density at radius 2 is 1.82 bits per heavy atom.